The number of fused-ring (bicyclic) bond motifs is 1. The zero-order chi connectivity index (χ0) is 21.2. The third-order valence-electron chi connectivity index (χ3n) is 5.72. The summed E-state index contributed by atoms with van der Waals surface area (Å²) >= 11 is 0. The van der Waals surface area contributed by atoms with Gasteiger partial charge in [-0.15, -0.1) is 0 Å². The zero-order valence-electron chi connectivity index (χ0n) is 17.3. The molecule has 0 bridgehead atoms. The molecule has 1 N–H and O–H groups in total. The van der Waals surface area contributed by atoms with Crippen LogP contribution in [0.4, 0.5) is 5.82 Å². The fraction of sp³-hybridized carbons (Fsp3) is 0.292. The van der Waals surface area contributed by atoms with Crippen molar-refractivity contribution in [2.75, 3.05) is 18.4 Å². The number of aryl methyl sites for hydroxylation is 1. The molecular weight excluding hydrogens is 392 g/mol. The van der Waals surface area contributed by atoms with Crippen LogP contribution in [0.5, 0.6) is 0 Å². The highest BCUT2D eigenvalue weighted by molar-refractivity contribution is 5.94. The van der Waals surface area contributed by atoms with E-state index in [1.807, 2.05) is 54.6 Å². The van der Waals surface area contributed by atoms with Gasteiger partial charge < -0.3 is 14.3 Å². The van der Waals surface area contributed by atoms with Gasteiger partial charge in [0, 0.05) is 18.5 Å². The van der Waals surface area contributed by atoms with E-state index < -0.39 is 6.04 Å². The van der Waals surface area contributed by atoms with Crippen molar-refractivity contribution in [1.82, 2.24) is 15.0 Å². The SMILES string of the molecule is Cc1cc(NC(=O)C(c2ccccc2)N2CCCC(c3nc4ccccc4o3)C2)no1. The number of likely N-dealkylation sites (tertiary alicyclic amines) is 1. The lowest BCUT2D eigenvalue weighted by atomic mass is 9.94. The maximum absolute atomic E-state index is 13.3. The summed E-state index contributed by atoms with van der Waals surface area (Å²) in [6, 6.07) is 18.9. The number of hydrogen-bond acceptors (Lipinski definition) is 6. The molecule has 2 atom stereocenters. The van der Waals surface area contributed by atoms with Crippen LogP contribution in [-0.2, 0) is 4.79 Å². The van der Waals surface area contributed by atoms with Gasteiger partial charge in [0.05, 0.1) is 0 Å². The smallest absolute Gasteiger partial charge is 0.247 e. The summed E-state index contributed by atoms with van der Waals surface area (Å²) in [5.74, 6) is 1.83. The fourth-order valence-corrected chi connectivity index (χ4v) is 4.29. The number of carbonyl (C=O) groups is 1. The van der Waals surface area contributed by atoms with Gasteiger partial charge in [-0.1, -0.05) is 47.6 Å². The Hall–Kier alpha value is -3.45. The van der Waals surface area contributed by atoms with E-state index in [9.17, 15) is 4.79 Å². The highest BCUT2D eigenvalue weighted by Gasteiger charge is 2.34. The van der Waals surface area contributed by atoms with Crippen LogP contribution in [0.15, 0.2) is 69.6 Å². The minimum atomic E-state index is -0.439. The van der Waals surface area contributed by atoms with Crippen LogP contribution >= 0.6 is 0 Å². The average molecular weight is 416 g/mol. The summed E-state index contributed by atoms with van der Waals surface area (Å²) in [4.78, 5) is 20.2. The average Bonchev–Trinajstić information content (AvgIpc) is 3.41. The van der Waals surface area contributed by atoms with Crippen molar-refractivity contribution in [3.05, 3.63) is 77.9 Å². The molecule has 31 heavy (non-hydrogen) atoms. The van der Waals surface area contributed by atoms with Crippen molar-refractivity contribution in [3.8, 4) is 0 Å². The van der Waals surface area contributed by atoms with Gasteiger partial charge in [0.15, 0.2) is 17.3 Å². The largest absolute Gasteiger partial charge is 0.440 e. The second kappa shape index (κ2) is 8.35. The molecular formula is C24H24N4O3. The Labute approximate surface area is 180 Å². The number of nitrogens with zero attached hydrogens (tertiary/aromatic N) is 3. The summed E-state index contributed by atoms with van der Waals surface area (Å²) in [7, 11) is 0. The first-order valence-corrected chi connectivity index (χ1v) is 10.6. The van der Waals surface area contributed by atoms with Crippen LogP contribution in [0.3, 0.4) is 0 Å². The van der Waals surface area contributed by atoms with E-state index in [4.69, 9.17) is 13.9 Å². The van der Waals surface area contributed by atoms with Crippen molar-refractivity contribution < 1.29 is 13.7 Å². The Balaban J connectivity index is 1.41. The Morgan fingerprint density at radius 3 is 2.74 bits per heavy atom. The lowest BCUT2D eigenvalue weighted by Gasteiger charge is -2.36. The molecule has 1 aliphatic heterocycles. The summed E-state index contributed by atoms with van der Waals surface area (Å²) in [5, 5.41) is 6.82. The van der Waals surface area contributed by atoms with Crippen molar-refractivity contribution >= 4 is 22.8 Å². The van der Waals surface area contributed by atoms with E-state index >= 15 is 0 Å². The van der Waals surface area contributed by atoms with E-state index in [0.717, 1.165) is 41.9 Å². The molecule has 2 aromatic carbocycles. The molecule has 7 nitrogen and oxygen atoms in total. The Morgan fingerprint density at radius 1 is 1.16 bits per heavy atom. The normalized spacial score (nSPS) is 18.2. The molecule has 5 rings (SSSR count). The molecule has 158 valence electrons. The first-order chi connectivity index (χ1) is 15.2. The molecule has 1 aliphatic rings. The molecule has 3 heterocycles. The van der Waals surface area contributed by atoms with Crippen molar-refractivity contribution in [1.29, 1.82) is 0 Å². The van der Waals surface area contributed by atoms with Crippen molar-refractivity contribution in [2.45, 2.75) is 31.7 Å². The molecule has 1 amide bonds. The van der Waals surface area contributed by atoms with Crippen LogP contribution in [0.1, 0.15) is 42.0 Å². The monoisotopic (exact) mass is 416 g/mol. The number of amides is 1. The van der Waals surface area contributed by atoms with Crippen LogP contribution in [0.25, 0.3) is 11.1 Å². The quantitative estimate of drug-likeness (QED) is 0.508. The maximum Gasteiger partial charge on any atom is 0.247 e. The van der Waals surface area contributed by atoms with E-state index in [-0.39, 0.29) is 11.8 Å². The number of benzene rings is 2. The summed E-state index contributed by atoms with van der Waals surface area (Å²) < 4.78 is 11.1. The Bertz CT molecular complexity index is 1150. The standard InChI is InChI=1S/C24H24N4O3/c1-16-14-21(27-31-16)26-23(29)22(17-8-3-2-4-9-17)28-13-7-10-18(15-28)24-25-19-11-5-6-12-20(19)30-24/h2-6,8-9,11-12,14,18,22H,7,10,13,15H2,1H3,(H,26,27,29). The first-order valence-electron chi connectivity index (χ1n) is 10.6. The van der Waals surface area contributed by atoms with E-state index in [1.165, 1.54) is 0 Å². The van der Waals surface area contributed by atoms with Crippen molar-refractivity contribution in [3.63, 3.8) is 0 Å². The van der Waals surface area contributed by atoms with Crippen LogP contribution in [-0.4, -0.2) is 34.0 Å². The van der Waals surface area contributed by atoms with E-state index in [0.29, 0.717) is 18.1 Å². The van der Waals surface area contributed by atoms with Gasteiger partial charge in [0.2, 0.25) is 5.91 Å². The number of rotatable bonds is 5. The van der Waals surface area contributed by atoms with Gasteiger partial charge >= 0.3 is 0 Å². The Kier molecular flexibility index (Phi) is 5.26. The van der Waals surface area contributed by atoms with Crippen LogP contribution in [0.2, 0.25) is 0 Å². The molecule has 1 saturated heterocycles. The molecule has 0 spiro atoms. The minimum Gasteiger partial charge on any atom is -0.440 e. The van der Waals surface area contributed by atoms with Gasteiger partial charge in [-0.05, 0) is 44.0 Å². The molecule has 1 fully saturated rings. The minimum absolute atomic E-state index is 0.127. The van der Waals surface area contributed by atoms with Gasteiger partial charge in [-0.2, -0.15) is 0 Å². The van der Waals surface area contributed by atoms with Gasteiger partial charge in [-0.25, -0.2) is 4.98 Å². The molecule has 7 heteroatoms. The summed E-state index contributed by atoms with van der Waals surface area (Å²) in [6.07, 6.45) is 1.94. The molecule has 0 aliphatic carbocycles. The van der Waals surface area contributed by atoms with Gasteiger partial charge in [-0.3, -0.25) is 9.69 Å². The maximum atomic E-state index is 13.3. The molecule has 2 aromatic heterocycles. The van der Waals surface area contributed by atoms with Gasteiger partial charge in [0.1, 0.15) is 17.3 Å². The fourth-order valence-electron chi connectivity index (χ4n) is 4.29. The van der Waals surface area contributed by atoms with Crippen molar-refractivity contribution in [2.24, 2.45) is 0 Å². The molecule has 4 aromatic rings. The number of carbonyl (C=O) groups excluding carboxylic acids is 1. The number of anilines is 1. The second-order valence-corrected chi connectivity index (χ2v) is 7.98. The second-order valence-electron chi connectivity index (χ2n) is 7.98. The number of hydrogen-bond donors (Lipinski definition) is 1. The lowest BCUT2D eigenvalue weighted by Crippen LogP contribution is -2.42. The number of aromatic nitrogens is 2. The molecule has 2 unspecified atom stereocenters. The number of nitrogens with one attached hydrogen (secondary N) is 1. The zero-order valence-corrected chi connectivity index (χ0v) is 17.3. The predicted molar refractivity (Wildman–Crippen MR) is 117 cm³/mol. The van der Waals surface area contributed by atoms with Gasteiger partial charge in [0.25, 0.3) is 0 Å². The summed E-state index contributed by atoms with van der Waals surface area (Å²) in [6.45, 7) is 3.31. The first kappa shape index (κ1) is 19.5. The highest BCUT2D eigenvalue weighted by atomic mass is 16.5. The molecule has 0 saturated carbocycles. The summed E-state index contributed by atoms with van der Waals surface area (Å²) in [5.41, 5.74) is 2.61. The predicted octanol–water partition coefficient (Wildman–Crippen LogP) is 4.68. The topological polar surface area (TPSA) is 84.4 Å². The number of piperidine rings is 1. The number of para-hydroxylation sites is 2. The Morgan fingerprint density at radius 2 is 1.97 bits per heavy atom. The molecule has 0 radical (unpaired) electrons. The lowest BCUT2D eigenvalue weighted by molar-refractivity contribution is -0.122. The van der Waals surface area contributed by atoms with Crippen LogP contribution in [0, 0.1) is 6.92 Å². The third kappa shape index (κ3) is 4.09. The van der Waals surface area contributed by atoms with E-state index in [1.54, 1.807) is 13.0 Å². The van der Waals surface area contributed by atoms with E-state index in [2.05, 4.69) is 15.4 Å². The number of oxazole rings is 1. The highest BCUT2D eigenvalue weighted by Crippen LogP contribution is 2.33. The third-order valence-corrected chi connectivity index (χ3v) is 5.72. The van der Waals surface area contributed by atoms with Crippen LogP contribution < -0.4 is 5.32 Å².